The first kappa shape index (κ1) is 14.9. The number of ether oxygens (including phenoxy) is 1. The van der Waals surface area contributed by atoms with Crippen molar-refractivity contribution in [2.24, 2.45) is 0 Å². The number of amides is 1. The summed E-state index contributed by atoms with van der Waals surface area (Å²) in [6.45, 7) is 7.44. The predicted molar refractivity (Wildman–Crippen MR) is 79.6 cm³/mol. The fourth-order valence-electron chi connectivity index (χ4n) is 2.46. The number of rotatable bonds is 6. The molecule has 1 saturated heterocycles. The molecule has 4 heteroatoms. The summed E-state index contributed by atoms with van der Waals surface area (Å²) < 4.78 is 5.59. The summed E-state index contributed by atoms with van der Waals surface area (Å²) in [7, 11) is 0. The van der Waals surface area contributed by atoms with Crippen molar-refractivity contribution in [3.8, 4) is 5.75 Å². The van der Waals surface area contributed by atoms with E-state index in [-0.39, 0.29) is 18.1 Å². The van der Waals surface area contributed by atoms with Crippen LogP contribution in [0.15, 0.2) is 24.3 Å². The Kier molecular flexibility index (Phi) is 5.01. The molecule has 1 aliphatic heterocycles. The number of nitrogens with zero attached hydrogens (tertiary/aromatic N) is 1. The van der Waals surface area contributed by atoms with Crippen molar-refractivity contribution in [3.05, 3.63) is 29.8 Å². The molecule has 1 aromatic rings. The molecule has 2 rings (SSSR count). The third-order valence-electron chi connectivity index (χ3n) is 3.75. The fraction of sp³-hybridized carbons (Fsp3) is 0.562. The highest BCUT2D eigenvalue weighted by Gasteiger charge is 2.34. The van der Waals surface area contributed by atoms with E-state index in [0.29, 0.717) is 6.54 Å². The van der Waals surface area contributed by atoms with Crippen LogP contribution in [0.5, 0.6) is 5.75 Å². The van der Waals surface area contributed by atoms with Gasteiger partial charge in [0.2, 0.25) is 5.91 Å². The normalized spacial score (nSPS) is 20.2. The standard InChI is InChI=1S/C16H24N2O2/c1-4-10-20-14-8-6-13(7-9-14)16-17-11-15(19)18(16)12(3)5-2/h6-9,12,16-17H,4-5,10-11H2,1-3H3. The molecule has 1 heterocycles. The second kappa shape index (κ2) is 6.75. The van der Waals surface area contributed by atoms with Gasteiger partial charge in [-0.2, -0.15) is 0 Å². The van der Waals surface area contributed by atoms with Gasteiger partial charge >= 0.3 is 0 Å². The van der Waals surface area contributed by atoms with Crippen LogP contribution in [0.3, 0.4) is 0 Å². The van der Waals surface area contributed by atoms with E-state index < -0.39 is 0 Å². The maximum Gasteiger partial charge on any atom is 0.238 e. The smallest absolute Gasteiger partial charge is 0.238 e. The van der Waals surface area contributed by atoms with Crippen LogP contribution in [-0.4, -0.2) is 30.0 Å². The molecule has 1 aliphatic rings. The Morgan fingerprint density at radius 3 is 2.65 bits per heavy atom. The molecule has 1 aromatic carbocycles. The first-order valence-corrected chi connectivity index (χ1v) is 7.44. The SMILES string of the molecule is CCCOc1ccc(C2NCC(=O)N2C(C)CC)cc1. The van der Waals surface area contributed by atoms with Gasteiger partial charge in [-0.05, 0) is 37.5 Å². The monoisotopic (exact) mass is 276 g/mol. The van der Waals surface area contributed by atoms with Crippen LogP contribution < -0.4 is 10.1 Å². The lowest BCUT2D eigenvalue weighted by Gasteiger charge is -2.30. The molecule has 4 nitrogen and oxygen atoms in total. The van der Waals surface area contributed by atoms with Gasteiger partial charge in [0.05, 0.1) is 13.2 Å². The summed E-state index contributed by atoms with van der Waals surface area (Å²) in [5, 5.41) is 3.29. The second-order valence-corrected chi connectivity index (χ2v) is 5.26. The molecule has 1 amide bonds. The molecule has 2 unspecified atom stereocenters. The Hall–Kier alpha value is -1.55. The average molecular weight is 276 g/mol. The summed E-state index contributed by atoms with van der Waals surface area (Å²) in [5.74, 6) is 1.06. The maximum absolute atomic E-state index is 12.0. The van der Waals surface area contributed by atoms with E-state index in [2.05, 4.69) is 26.1 Å². The summed E-state index contributed by atoms with van der Waals surface area (Å²) in [6.07, 6.45) is 1.95. The minimum atomic E-state index is -0.0160. The predicted octanol–water partition coefficient (Wildman–Crippen LogP) is 2.70. The zero-order valence-corrected chi connectivity index (χ0v) is 12.6. The molecule has 0 saturated carbocycles. The van der Waals surface area contributed by atoms with E-state index in [4.69, 9.17) is 4.74 Å². The molecule has 110 valence electrons. The Bertz CT molecular complexity index is 444. The third kappa shape index (κ3) is 3.12. The molecule has 0 spiro atoms. The van der Waals surface area contributed by atoms with Gasteiger partial charge < -0.3 is 9.64 Å². The van der Waals surface area contributed by atoms with Crippen LogP contribution in [0.4, 0.5) is 0 Å². The largest absolute Gasteiger partial charge is 0.494 e. The molecule has 2 atom stereocenters. The van der Waals surface area contributed by atoms with Crippen molar-refractivity contribution in [2.45, 2.75) is 45.8 Å². The Balaban J connectivity index is 2.11. The van der Waals surface area contributed by atoms with Crippen molar-refractivity contribution in [2.75, 3.05) is 13.2 Å². The summed E-state index contributed by atoms with van der Waals surface area (Å²) >= 11 is 0. The van der Waals surface area contributed by atoms with Crippen LogP contribution >= 0.6 is 0 Å². The third-order valence-corrected chi connectivity index (χ3v) is 3.75. The molecular weight excluding hydrogens is 252 g/mol. The summed E-state index contributed by atoms with van der Waals surface area (Å²) in [6, 6.07) is 8.28. The minimum Gasteiger partial charge on any atom is -0.494 e. The van der Waals surface area contributed by atoms with E-state index >= 15 is 0 Å². The topological polar surface area (TPSA) is 41.6 Å². The quantitative estimate of drug-likeness (QED) is 0.868. The first-order valence-electron chi connectivity index (χ1n) is 7.44. The lowest BCUT2D eigenvalue weighted by atomic mass is 10.1. The second-order valence-electron chi connectivity index (χ2n) is 5.26. The van der Waals surface area contributed by atoms with Crippen LogP contribution in [0, 0.1) is 0 Å². The molecule has 1 fully saturated rings. The van der Waals surface area contributed by atoms with Gasteiger partial charge in [-0.1, -0.05) is 26.0 Å². The Morgan fingerprint density at radius 2 is 2.05 bits per heavy atom. The van der Waals surface area contributed by atoms with E-state index in [0.717, 1.165) is 30.8 Å². The van der Waals surface area contributed by atoms with Gasteiger partial charge in [0.1, 0.15) is 11.9 Å². The number of hydrogen-bond donors (Lipinski definition) is 1. The molecule has 0 radical (unpaired) electrons. The zero-order valence-electron chi connectivity index (χ0n) is 12.6. The van der Waals surface area contributed by atoms with Crippen LogP contribution in [0.2, 0.25) is 0 Å². The number of benzene rings is 1. The Labute approximate surface area is 121 Å². The van der Waals surface area contributed by atoms with E-state index in [1.807, 2.05) is 29.2 Å². The molecule has 1 N–H and O–H groups in total. The van der Waals surface area contributed by atoms with E-state index in [1.54, 1.807) is 0 Å². The van der Waals surface area contributed by atoms with E-state index in [1.165, 1.54) is 0 Å². The fourth-order valence-corrected chi connectivity index (χ4v) is 2.46. The van der Waals surface area contributed by atoms with Gasteiger partial charge in [0.15, 0.2) is 0 Å². The van der Waals surface area contributed by atoms with Gasteiger partial charge in [0.25, 0.3) is 0 Å². The summed E-state index contributed by atoms with van der Waals surface area (Å²) in [5.41, 5.74) is 1.11. The molecule has 20 heavy (non-hydrogen) atoms. The lowest BCUT2D eigenvalue weighted by Crippen LogP contribution is -2.37. The average Bonchev–Trinajstić information content (AvgIpc) is 2.86. The van der Waals surface area contributed by atoms with Gasteiger partial charge in [-0.3, -0.25) is 10.1 Å². The Morgan fingerprint density at radius 1 is 1.35 bits per heavy atom. The van der Waals surface area contributed by atoms with Crippen molar-refractivity contribution >= 4 is 5.91 Å². The van der Waals surface area contributed by atoms with Crippen molar-refractivity contribution < 1.29 is 9.53 Å². The molecule has 0 aliphatic carbocycles. The molecule has 0 aromatic heterocycles. The van der Waals surface area contributed by atoms with Crippen LogP contribution in [-0.2, 0) is 4.79 Å². The zero-order chi connectivity index (χ0) is 14.5. The van der Waals surface area contributed by atoms with Gasteiger partial charge in [-0.15, -0.1) is 0 Å². The summed E-state index contributed by atoms with van der Waals surface area (Å²) in [4.78, 5) is 14.0. The highest BCUT2D eigenvalue weighted by molar-refractivity contribution is 5.81. The number of nitrogens with one attached hydrogen (secondary N) is 1. The highest BCUT2D eigenvalue weighted by atomic mass is 16.5. The molecular formula is C16H24N2O2. The minimum absolute atomic E-state index is 0.0160. The van der Waals surface area contributed by atoms with Gasteiger partial charge in [-0.25, -0.2) is 0 Å². The van der Waals surface area contributed by atoms with Crippen LogP contribution in [0.25, 0.3) is 0 Å². The highest BCUT2D eigenvalue weighted by Crippen LogP contribution is 2.27. The van der Waals surface area contributed by atoms with Crippen molar-refractivity contribution in [1.82, 2.24) is 10.2 Å². The maximum atomic E-state index is 12.0. The number of carbonyl (C=O) groups is 1. The van der Waals surface area contributed by atoms with Crippen molar-refractivity contribution in [3.63, 3.8) is 0 Å². The molecule has 0 bridgehead atoms. The lowest BCUT2D eigenvalue weighted by molar-refractivity contribution is -0.130. The van der Waals surface area contributed by atoms with Gasteiger partial charge in [0, 0.05) is 6.04 Å². The first-order chi connectivity index (χ1) is 9.67. The number of hydrogen-bond acceptors (Lipinski definition) is 3. The van der Waals surface area contributed by atoms with E-state index in [9.17, 15) is 4.79 Å². The van der Waals surface area contributed by atoms with Crippen molar-refractivity contribution in [1.29, 1.82) is 0 Å². The van der Waals surface area contributed by atoms with Crippen LogP contribution in [0.1, 0.15) is 45.3 Å². The number of carbonyl (C=O) groups excluding carboxylic acids is 1.